The fourth-order valence-corrected chi connectivity index (χ4v) is 1.09. The fourth-order valence-electron chi connectivity index (χ4n) is 1.09. The number of nitrogens with zero attached hydrogens (tertiary/aromatic N) is 1. The molecule has 4 heteroatoms. The van der Waals surface area contributed by atoms with E-state index in [0.717, 1.165) is 0 Å². The zero-order valence-corrected chi connectivity index (χ0v) is 8.03. The molecule has 0 bridgehead atoms. The number of ether oxygens (including phenoxy) is 1. The molecule has 0 aromatic rings. The van der Waals surface area contributed by atoms with Gasteiger partial charge in [0, 0.05) is 13.2 Å². The molecule has 0 aliphatic carbocycles. The van der Waals surface area contributed by atoms with E-state index in [0.29, 0.717) is 0 Å². The number of hydrogen-bond acceptors (Lipinski definition) is 4. The molecule has 1 heterocycles. The van der Waals surface area contributed by atoms with Crippen molar-refractivity contribution >= 4 is 11.8 Å². The van der Waals surface area contributed by atoms with Crippen molar-refractivity contribution < 1.29 is 14.3 Å². The third-order valence-electron chi connectivity index (χ3n) is 1.61. The van der Waals surface area contributed by atoms with E-state index in [1.165, 1.54) is 6.20 Å². The van der Waals surface area contributed by atoms with Gasteiger partial charge >= 0.3 is 5.97 Å². The van der Waals surface area contributed by atoms with Crippen LogP contribution in [0.15, 0.2) is 11.8 Å². The highest BCUT2D eigenvalue weighted by Crippen LogP contribution is 2.11. The van der Waals surface area contributed by atoms with E-state index in [1.807, 2.05) is 0 Å². The Hall–Kier alpha value is -1.32. The maximum absolute atomic E-state index is 11.3. The van der Waals surface area contributed by atoms with E-state index in [2.05, 4.69) is 0 Å². The number of esters is 1. The minimum Gasteiger partial charge on any atom is -0.459 e. The summed E-state index contributed by atoms with van der Waals surface area (Å²) >= 11 is 0. The number of ketones is 1. The van der Waals surface area contributed by atoms with Gasteiger partial charge in [-0.25, -0.2) is 4.79 Å². The second kappa shape index (κ2) is 3.60. The number of rotatable bonds is 2. The molecule has 0 radical (unpaired) electrons. The first kappa shape index (κ1) is 9.77. The van der Waals surface area contributed by atoms with Gasteiger partial charge in [0.05, 0.1) is 12.6 Å². The van der Waals surface area contributed by atoms with Crippen molar-refractivity contribution in [3.8, 4) is 0 Å². The lowest BCUT2D eigenvalue weighted by Gasteiger charge is -2.06. The highest BCUT2D eigenvalue weighted by atomic mass is 16.5. The summed E-state index contributed by atoms with van der Waals surface area (Å²) in [6, 6.07) is 0. The van der Waals surface area contributed by atoms with Gasteiger partial charge in [0.2, 0.25) is 0 Å². The summed E-state index contributed by atoms with van der Waals surface area (Å²) in [6.07, 6.45) is 1.33. The van der Waals surface area contributed by atoms with E-state index in [1.54, 1.807) is 25.8 Å². The van der Waals surface area contributed by atoms with Gasteiger partial charge < -0.3 is 9.64 Å². The van der Waals surface area contributed by atoms with Crippen LogP contribution in [0.2, 0.25) is 0 Å². The molecule has 1 aliphatic heterocycles. The second-order valence-electron chi connectivity index (χ2n) is 3.34. The standard InChI is InChI=1S/C9H13NO3/c1-6(2)13-9(12)7-4-10(3)5-8(7)11/h4,6H,5H2,1-3H3. The molecule has 1 aliphatic rings. The highest BCUT2D eigenvalue weighted by molar-refractivity contribution is 6.19. The molecule has 0 aromatic heterocycles. The molecule has 0 unspecified atom stereocenters. The average Bonchev–Trinajstić information content (AvgIpc) is 2.28. The Kier molecular flexibility index (Phi) is 2.70. The first-order valence-corrected chi connectivity index (χ1v) is 4.17. The summed E-state index contributed by atoms with van der Waals surface area (Å²) in [5, 5.41) is 0. The quantitative estimate of drug-likeness (QED) is 0.457. The first-order valence-electron chi connectivity index (χ1n) is 4.17. The van der Waals surface area contributed by atoms with Gasteiger partial charge in [0.15, 0.2) is 5.78 Å². The van der Waals surface area contributed by atoms with E-state index < -0.39 is 5.97 Å². The van der Waals surface area contributed by atoms with Crippen molar-refractivity contribution in [2.45, 2.75) is 20.0 Å². The predicted molar refractivity (Wildman–Crippen MR) is 46.9 cm³/mol. The van der Waals surface area contributed by atoms with Gasteiger partial charge in [-0.05, 0) is 13.8 Å². The number of carbonyl (C=O) groups is 2. The zero-order valence-electron chi connectivity index (χ0n) is 8.03. The van der Waals surface area contributed by atoms with Crippen LogP contribution in [0.3, 0.4) is 0 Å². The number of Topliss-reactive ketones (excluding diaryl/α,β-unsaturated/α-hetero) is 1. The summed E-state index contributed by atoms with van der Waals surface area (Å²) in [4.78, 5) is 24.1. The summed E-state index contributed by atoms with van der Waals surface area (Å²) in [5.41, 5.74) is 0.149. The van der Waals surface area contributed by atoms with Crippen molar-refractivity contribution in [1.82, 2.24) is 4.90 Å². The zero-order chi connectivity index (χ0) is 10.0. The molecule has 0 N–H and O–H groups in total. The number of likely N-dealkylation sites (N-methyl/N-ethyl adjacent to an activating group) is 1. The minimum atomic E-state index is -0.524. The van der Waals surface area contributed by atoms with Crippen LogP contribution in [0.25, 0.3) is 0 Å². The Morgan fingerprint density at radius 1 is 1.62 bits per heavy atom. The Balaban J connectivity index is 2.67. The van der Waals surface area contributed by atoms with Gasteiger partial charge in [-0.15, -0.1) is 0 Å². The number of carbonyl (C=O) groups excluding carboxylic acids is 2. The lowest BCUT2D eigenvalue weighted by molar-refractivity contribution is -0.143. The maximum atomic E-state index is 11.3. The average molecular weight is 183 g/mol. The van der Waals surface area contributed by atoms with Crippen LogP contribution in [-0.2, 0) is 14.3 Å². The molecule has 0 saturated carbocycles. The molecular weight excluding hydrogens is 170 g/mol. The van der Waals surface area contributed by atoms with Crippen LogP contribution in [-0.4, -0.2) is 36.3 Å². The topological polar surface area (TPSA) is 46.6 Å². The van der Waals surface area contributed by atoms with Crippen molar-refractivity contribution in [2.24, 2.45) is 0 Å². The van der Waals surface area contributed by atoms with Crippen LogP contribution in [0.5, 0.6) is 0 Å². The highest BCUT2D eigenvalue weighted by Gasteiger charge is 2.26. The monoisotopic (exact) mass is 183 g/mol. The molecule has 4 nitrogen and oxygen atoms in total. The Morgan fingerprint density at radius 3 is 2.62 bits per heavy atom. The molecule has 13 heavy (non-hydrogen) atoms. The molecule has 0 saturated heterocycles. The summed E-state index contributed by atoms with van der Waals surface area (Å²) in [6.45, 7) is 3.77. The maximum Gasteiger partial charge on any atom is 0.343 e. The lowest BCUT2D eigenvalue weighted by Crippen LogP contribution is -2.19. The first-order chi connectivity index (χ1) is 6.00. The normalized spacial score (nSPS) is 16.5. The molecule has 1 rings (SSSR count). The van der Waals surface area contributed by atoms with Gasteiger partial charge in [0.25, 0.3) is 0 Å². The summed E-state index contributed by atoms with van der Waals surface area (Å²) in [5.74, 6) is -0.697. The number of hydrogen-bond donors (Lipinski definition) is 0. The molecular formula is C9H13NO3. The van der Waals surface area contributed by atoms with Crippen molar-refractivity contribution in [3.05, 3.63) is 11.8 Å². The van der Waals surface area contributed by atoms with E-state index >= 15 is 0 Å². The lowest BCUT2D eigenvalue weighted by atomic mass is 10.2. The summed E-state index contributed by atoms with van der Waals surface area (Å²) in [7, 11) is 1.74. The van der Waals surface area contributed by atoms with Crippen LogP contribution in [0.1, 0.15) is 13.8 Å². The second-order valence-corrected chi connectivity index (χ2v) is 3.34. The molecule has 72 valence electrons. The molecule has 0 amide bonds. The minimum absolute atomic E-state index is 0.149. The van der Waals surface area contributed by atoms with Crippen molar-refractivity contribution in [1.29, 1.82) is 0 Å². The van der Waals surface area contributed by atoms with Crippen molar-refractivity contribution in [3.63, 3.8) is 0 Å². The Bertz CT molecular complexity index is 268. The van der Waals surface area contributed by atoms with Gasteiger partial charge in [0.1, 0.15) is 5.57 Å². The van der Waals surface area contributed by atoms with Gasteiger partial charge in [-0.1, -0.05) is 0 Å². The van der Waals surface area contributed by atoms with Crippen LogP contribution < -0.4 is 0 Å². The molecule has 0 fully saturated rings. The molecule has 0 spiro atoms. The van der Waals surface area contributed by atoms with Crippen molar-refractivity contribution in [2.75, 3.05) is 13.6 Å². The third-order valence-corrected chi connectivity index (χ3v) is 1.61. The van der Waals surface area contributed by atoms with Gasteiger partial charge in [-0.3, -0.25) is 4.79 Å². The summed E-state index contributed by atoms with van der Waals surface area (Å²) < 4.78 is 4.90. The van der Waals surface area contributed by atoms with E-state index in [4.69, 9.17) is 4.74 Å². The Morgan fingerprint density at radius 2 is 2.23 bits per heavy atom. The van der Waals surface area contributed by atoms with E-state index in [9.17, 15) is 9.59 Å². The van der Waals surface area contributed by atoms with Crippen LogP contribution in [0.4, 0.5) is 0 Å². The smallest absolute Gasteiger partial charge is 0.343 e. The molecule has 0 aromatic carbocycles. The largest absolute Gasteiger partial charge is 0.459 e. The van der Waals surface area contributed by atoms with Crippen LogP contribution >= 0.6 is 0 Å². The van der Waals surface area contributed by atoms with E-state index in [-0.39, 0.29) is 24.0 Å². The fraction of sp³-hybridized carbons (Fsp3) is 0.556. The third kappa shape index (κ3) is 2.31. The van der Waals surface area contributed by atoms with Gasteiger partial charge in [-0.2, -0.15) is 0 Å². The predicted octanol–water partition coefficient (Wildman–Crippen LogP) is 0.336. The Labute approximate surface area is 77.2 Å². The molecule has 0 atom stereocenters. The SMILES string of the molecule is CC(C)OC(=O)C1=CN(C)CC1=O. The van der Waals surface area contributed by atoms with Crippen LogP contribution in [0, 0.1) is 0 Å².